The molecule has 8 nitrogen and oxygen atoms in total. The Bertz CT molecular complexity index is 1020. The lowest BCUT2D eigenvalue weighted by atomic mass is 9.41. The summed E-state index contributed by atoms with van der Waals surface area (Å²) in [5.74, 6) is 1.66. The maximum atomic E-state index is 12.1. The van der Waals surface area contributed by atoms with E-state index < -0.39 is 30.7 Å². The molecular formula is C32H52O8. The van der Waals surface area contributed by atoms with Gasteiger partial charge in [0.25, 0.3) is 0 Å². The third-order valence-electron chi connectivity index (χ3n) is 14.8. The number of ether oxygens (including phenoxy) is 3. The molecule has 7 aliphatic rings. The highest BCUT2D eigenvalue weighted by molar-refractivity contribution is 5.32. The van der Waals surface area contributed by atoms with Crippen LogP contribution in [0, 0.1) is 50.7 Å². The van der Waals surface area contributed by atoms with Crippen LogP contribution < -0.4 is 0 Å². The highest BCUT2D eigenvalue weighted by atomic mass is 16.7. The maximum absolute atomic E-state index is 12.1. The molecule has 2 saturated heterocycles. The van der Waals surface area contributed by atoms with E-state index in [2.05, 4.69) is 34.6 Å². The molecule has 5 aliphatic carbocycles. The highest BCUT2D eigenvalue weighted by Gasteiger charge is 2.84. The summed E-state index contributed by atoms with van der Waals surface area (Å²) in [4.78, 5) is 0. The fourth-order valence-corrected chi connectivity index (χ4v) is 12.8. The monoisotopic (exact) mass is 564 g/mol. The molecular weight excluding hydrogens is 512 g/mol. The van der Waals surface area contributed by atoms with Crippen molar-refractivity contribution < 1.29 is 39.7 Å². The van der Waals surface area contributed by atoms with E-state index in [1.54, 1.807) is 0 Å². The molecule has 7 fully saturated rings. The third-order valence-corrected chi connectivity index (χ3v) is 14.8. The zero-order valence-electron chi connectivity index (χ0n) is 25.0. The van der Waals surface area contributed by atoms with Crippen LogP contribution in [0.25, 0.3) is 0 Å². The van der Waals surface area contributed by atoms with Gasteiger partial charge < -0.3 is 39.7 Å². The zero-order valence-corrected chi connectivity index (χ0v) is 25.0. The van der Waals surface area contributed by atoms with Gasteiger partial charge in [-0.15, -0.1) is 0 Å². The molecule has 40 heavy (non-hydrogen) atoms. The second kappa shape index (κ2) is 8.87. The van der Waals surface area contributed by atoms with Crippen LogP contribution in [-0.4, -0.2) is 87.8 Å². The molecule has 5 saturated carbocycles. The van der Waals surface area contributed by atoms with Crippen molar-refractivity contribution in [3.05, 3.63) is 0 Å². The van der Waals surface area contributed by atoms with Crippen molar-refractivity contribution in [2.75, 3.05) is 13.2 Å². The van der Waals surface area contributed by atoms with Crippen LogP contribution in [0.2, 0.25) is 0 Å². The van der Waals surface area contributed by atoms with Gasteiger partial charge in [-0.2, -0.15) is 0 Å². The normalized spacial score (nSPS) is 62.0. The molecule has 7 rings (SSSR count). The highest BCUT2D eigenvalue weighted by Crippen LogP contribution is 2.89. The molecule has 16 atom stereocenters. The van der Waals surface area contributed by atoms with E-state index in [0.717, 1.165) is 38.5 Å². The van der Waals surface area contributed by atoms with E-state index in [9.17, 15) is 25.5 Å². The Morgan fingerprint density at radius 2 is 1.57 bits per heavy atom. The molecule has 0 aromatic rings. The maximum Gasteiger partial charge on any atom is 0.186 e. The molecule has 228 valence electrons. The summed E-state index contributed by atoms with van der Waals surface area (Å²) in [7, 11) is 0. The Labute approximate surface area is 238 Å². The van der Waals surface area contributed by atoms with Crippen LogP contribution >= 0.6 is 0 Å². The lowest BCUT2D eigenvalue weighted by Gasteiger charge is -2.64. The van der Waals surface area contributed by atoms with Gasteiger partial charge >= 0.3 is 0 Å². The summed E-state index contributed by atoms with van der Waals surface area (Å²) >= 11 is 0. The Hall–Kier alpha value is -0.320. The Balaban J connectivity index is 1.16. The molecule has 9 unspecified atom stereocenters. The molecule has 0 bridgehead atoms. The largest absolute Gasteiger partial charge is 0.394 e. The van der Waals surface area contributed by atoms with E-state index in [4.69, 9.17) is 14.2 Å². The molecule has 0 aromatic carbocycles. The number of aliphatic hydroxyl groups excluding tert-OH is 5. The first-order valence-corrected chi connectivity index (χ1v) is 16.0. The van der Waals surface area contributed by atoms with Crippen LogP contribution in [0.3, 0.4) is 0 Å². The minimum absolute atomic E-state index is 0.0130. The van der Waals surface area contributed by atoms with Crippen molar-refractivity contribution in [2.24, 2.45) is 50.7 Å². The molecule has 0 radical (unpaired) electrons. The van der Waals surface area contributed by atoms with E-state index in [1.165, 1.54) is 12.8 Å². The number of rotatable bonds is 3. The van der Waals surface area contributed by atoms with E-state index >= 15 is 0 Å². The lowest BCUT2D eigenvalue weighted by Crippen LogP contribution is -2.61. The van der Waals surface area contributed by atoms with Gasteiger partial charge in [-0.05, 0) is 96.7 Å². The second-order valence-electron chi connectivity index (χ2n) is 16.2. The van der Waals surface area contributed by atoms with Crippen molar-refractivity contribution in [3.8, 4) is 0 Å². The van der Waals surface area contributed by atoms with Crippen LogP contribution in [0.15, 0.2) is 0 Å². The van der Waals surface area contributed by atoms with Crippen molar-refractivity contribution in [3.63, 3.8) is 0 Å². The predicted molar refractivity (Wildman–Crippen MR) is 146 cm³/mol. The summed E-state index contributed by atoms with van der Waals surface area (Å²) in [5.41, 5.74) is 0.147. The minimum Gasteiger partial charge on any atom is -0.394 e. The van der Waals surface area contributed by atoms with Gasteiger partial charge in [-0.25, -0.2) is 0 Å². The van der Waals surface area contributed by atoms with E-state index in [0.29, 0.717) is 23.7 Å². The molecule has 2 aliphatic heterocycles. The number of fused-ring (bicyclic) bond motifs is 4. The summed E-state index contributed by atoms with van der Waals surface area (Å²) < 4.78 is 18.5. The first-order valence-electron chi connectivity index (χ1n) is 16.0. The van der Waals surface area contributed by atoms with E-state index in [-0.39, 0.29) is 58.6 Å². The predicted octanol–water partition coefficient (Wildman–Crippen LogP) is 2.62. The van der Waals surface area contributed by atoms with Crippen molar-refractivity contribution >= 4 is 0 Å². The summed E-state index contributed by atoms with van der Waals surface area (Å²) in [6.07, 6.45) is 2.99. The summed E-state index contributed by atoms with van der Waals surface area (Å²) in [6.45, 7) is 11.7. The molecule has 2 heterocycles. The second-order valence-corrected chi connectivity index (χ2v) is 16.2. The Morgan fingerprint density at radius 3 is 2.30 bits per heavy atom. The third kappa shape index (κ3) is 3.26. The standard InChI is InChI=1S/C32H52O8/c1-16-12-17(13-33)39-25-22(16)29(4)10-11-32-15-31(32)9-8-21(40-27-24(36)23(35)18(34)14-38-27)28(2,3)19(31)6-7-20(32)30(29,5)26(25)37/h16-27,33-37H,6-15H2,1-5H3/t16-,17?,18-,19+,20?,21?,22+,23?,24?,25?,26+,27+,29?,30-,31?,32?/m1/s1. The number of aliphatic hydroxyl groups is 5. The first-order chi connectivity index (χ1) is 18.8. The van der Waals surface area contributed by atoms with Gasteiger partial charge in [0.05, 0.1) is 37.6 Å². The van der Waals surface area contributed by atoms with E-state index in [1.807, 2.05) is 0 Å². The average Bonchev–Trinajstić information content (AvgIpc) is 3.55. The van der Waals surface area contributed by atoms with Gasteiger partial charge in [0.2, 0.25) is 0 Å². The summed E-state index contributed by atoms with van der Waals surface area (Å²) in [5, 5.41) is 52.7. The zero-order chi connectivity index (χ0) is 28.6. The topological polar surface area (TPSA) is 129 Å². The lowest BCUT2D eigenvalue weighted by molar-refractivity contribution is -0.303. The number of hydrogen-bond acceptors (Lipinski definition) is 8. The Kier molecular flexibility index (Phi) is 6.31. The van der Waals surface area contributed by atoms with Gasteiger partial charge in [0.15, 0.2) is 6.29 Å². The number of hydrogen-bond donors (Lipinski definition) is 5. The van der Waals surface area contributed by atoms with Crippen LogP contribution in [0.5, 0.6) is 0 Å². The van der Waals surface area contributed by atoms with Gasteiger partial charge in [-0.3, -0.25) is 0 Å². The average molecular weight is 565 g/mol. The smallest absolute Gasteiger partial charge is 0.186 e. The van der Waals surface area contributed by atoms with Gasteiger partial charge in [0.1, 0.15) is 18.3 Å². The van der Waals surface area contributed by atoms with Crippen molar-refractivity contribution in [1.29, 1.82) is 0 Å². The van der Waals surface area contributed by atoms with Crippen molar-refractivity contribution in [2.45, 2.75) is 135 Å². The van der Waals surface area contributed by atoms with Gasteiger partial charge in [0, 0.05) is 5.41 Å². The first kappa shape index (κ1) is 28.5. The molecule has 0 aromatic heterocycles. The van der Waals surface area contributed by atoms with Gasteiger partial charge in [-0.1, -0.05) is 34.6 Å². The fraction of sp³-hybridized carbons (Fsp3) is 1.00. The van der Waals surface area contributed by atoms with Crippen LogP contribution in [-0.2, 0) is 14.2 Å². The molecule has 2 spiro atoms. The summed E-state index contributed by atoms with van der Waals surface area (Å²) in [6, 6.07) is 0. The quantitative estimate of drug-likeness (QED) is 0.331. The van der Waals surface area contributed by atoms with Crippen molar-refractivity contribution in [1.82, 2.24) is 0 Å². The molecule has 0 amide bonds. The molecule has 8 heteroatoms. The Morgan fingerprint density at radius 1 is 0.875 bits per heavy atom. The minimum atomic E-state index is -1.27. The van der Waals surface area contributed by atoms with Crippen LogP contribution in [0.4, 0.5) is 0 Å². The van der Waals surface area contributed by atoms with Crippen LogP contribution in [0.1, 0.15) is 86.0 Å². The fourth-order valence-electron chi connectivity index (χ4n) is 12.8. The molecule has 5 N–H and O–H groups in total. The SMILES string of the molecule is C[C@@H]1CC(CO)OC2[C@H]1C1(C)CCC34CC35CCC(O[C@@H]3OC[C@@H](O)C(O)C3O)C(C)(C)[C@@H]5CCC4[C@]1(C)[C@H]2O.